The van der Waals surface area contributed by atoms with Gasteiger partial charge in [0.15, 0.2) is 12.4 Å². The van der Waals surface area contributed by atoms with E-state index in [4.69, 9.17) is 14.9 Å². The summed E-state index contributed by atoms with van der Waals surface area (Å²) in [5.41, 5.74) is 6.67. The number of amides is 1. The number of furan rings is 1. The van der Waals surface area contributed by atoms with E-state index >= 15 is 0 Å². The highest BCUT2D eigenvalue weighted by Gasteiger charge is 2.17. The molecule has 3 aromatic carbocycles. The van der Waals surface area contributed by atoms with Gasteiger partial charge in [0.2, 0.25) is 5.82 Å². The number of carbonyl (C=O) groups is 1. The van der Waals surface area contributed by atoms with Crippen LogP contribution in [0.4, 0.5) is 0 Å². The van der Waals surface area contributed by atoms with Gasteiger partial charge in [-0.15, -0.1) is 0 Å². The third-order valence-corrected chi connectivity index (χ3v) is 6.83. The molecule has 0 saturated heterocycles. The molecule has 1 amide bonds. The minimum absolute atomic E-state index is 0.264. The SMILES string of the molecule is NC(=O)COc1c(Br)cc(C=Nn2c(-c3cc4cc(Br)ccc4o3)nc3ccccc3c2=O)cc1Br. The maximum atomic E-state index is 13.4. The van der Waals surface area contributed by atoms with E-state index in [1.165, 1.54) is 10.9 Å². The van der Waals surface area contributed by atoms with E-state index in [0.717, 1.165) is 9.86 Å². The molecule has 2 aromatic heterocycles. The third-order valence-electron chi connectivity index (χ3n) is 5.15. The van der Waals surface area contributed by atoms with Crippen LogP contribution in [-0.4, -0.2) is 28.4 Å². The Labute approximate surface area is 229 Å². The molecule has 0 fully saturated rings. The van der Waals surface area contributed by atoms with Crippen LogP contribution in [0.3, 0.4) is 0 Å². The molecule has 2 N–H and O–H groups in total. The molecular formula is C25H15Br3N4O4. The lowest BCUT2D eigenvalue weighted by molar-refractivity contribution is -0.119. The van der Waals surface area contributed by atoms with Crippen LogP contribution in [0.15, 0.2) is 88.4 Å². The minimum Gasteiger partial charge on any atom is -0.481 e. The number of ether oxygens (including phenoxy) is 1. The number of para-hydroxylation sites is 1. The molecule has 180 valence electrons. The van der Waals surface area contributed by atoms with Gasteiger partial charge in [0.1, 0.15) is 11.3 Å². The number of carbonyl (C=O) groups excluding carboxylic acids is 1. The molecule has 0 aliphatic heterocycles. The maximum Gasteiger partial charge on any atom is 0.282 e. The Bertz CT molecular complexity index is 1720. The van der Waals surface area contributed by atoms with Gasteiger partial charge < -0.3 is 14.9 Å². The van der Waals surface area contributed by atoms with Crippen molar-refractivity contribution in [1.82, 2.24) is 9.66 Å². The molecule has 0 bridgehead atoms. The molecular weight excluding hydrogens is 660 g/mol. The highest BCUT2D eigenvalue weighted by Crippen LogP contribution is 2.34. The first kappa shape index (κ1) is 24.4. The number of primary amides is 1. The molecule has 8 nitrogen and oxygen atoms in total. The van der Waals surface area contributed by atoms with Gasteiger partial charge in [-0.3, -0.25) is 9.59 Å². The van der Waals surface area contributed by atoms with Crippen molar-refractivity contribution >= 4 is 81.8 Å². The van der Waals surface area contributed by atoms with E-state index in [9.17, 15) is 9.59 Å². The number of hydrogen-bond acceptors (Lipinski definition) is 6. The monoisotopic (exact) mass is 672 g/mol. The molecule has 0 saturated carbocycles. The topological polar surface area (TPSA) is 113 Å². The normalized spacial score (nSPS) is 11.5. The summed E-state index contributed by atoms with van der Waals surface area (Å²) in [5.74, 6) is 0.500. The summed E-state index contributed by atoms with van der Waals surface area (Å²) in [4.78, 5) is 29.2. The van der Waals surface area contributed by atoms with E-state index in [-0.39, 0.29) is 18.0 Å². The maximum absolute atomic E-state index is 13.4. The zero-order chi connectivity index (χ0) is 25.4. The molecule has 0 aliphatic rings. The van der Waals surface area contributed by atoms with E-state index in [2.05, 4.69) is 57.9 Å². The third kappa shape index (κ3) is 4.86. The van der Waals surface area contributed by atoms with Crippen molar-refractivity contribution in [3.05, 3.63) is 90.0 Å². The second-order valence-electron chi connectivity index (χ2n) is 7.68. The highest BCUT2D eigenvalue weighted by molar-refractivity contribution is 9.11. The van der Waals surface area contributed by atoms with Crippen LogP contribution >= 0.6 is 47.8 Å². The number of rotatable bonds is 6. The van der Waals surface area contributed by atoms with Gasteiger partial charge in [0.25, 0.3) is 11.5 Å². The standard InChI is InChI=1S/C25H15Br3N4O4/c26-15-5-6-20-14(9-15)10-21(36-20)24-31-19-4-2-1-3-16(19)25(34)32(24)30-11-13-7-17(27)23(18(28)8-13)35-12-22(29)33/h1-11H,12H2,(H2,29,33). The molecule has 36 heavy (non-hydrogen) atoms. The number of benzene rings is 3. The highest BCUT2D eigenvalue weighted by atomic mass is 79.9. The summed E-state index contributed by atoms with van der Waals surface area (Å²) in [6, 6.07) is 18.0. The van der Waals surface area contributed by atoms with Crippen LogP contribution in [0.2, 0.25) is 0 Å². The van der Waals surface area contributed by atoms with E-state index in [1.807, 2.05) is 30.3 Å². The number of halogens is 3. The van der Waals surface area contributed by atoms with Crippen LogP contribution in [0, 0.1) is 0 Å². The Morgan fingerprint density at radius 2 is 1.83 bits per heavy atom. The fourth-order valence-electron chi connectivity index (χ4n) is 3.57. The Morgan fingerprint density at radius 1 is 1.08 bits per heavy atom. The van der Waals surface area contributed by atoms with Crippen LogP contribution < -0.4 is 16.0 Å². The Kier molecular flexibility index (Phi) is 6.78. The summed E-state index contributed by atoms with van der Waals surface area (Å²) in [7, 11) is 0. The summed E-state index contributed by atoms with van der Waals surface area (Å²) in [6.07, 6.45) is 1.52. The van der Waals surface area contributed by atoms with Gasteiger partial charge in [0.05, 0.1) is 26.1 Å². The van der Waals surface area contributed by atoms with Crippen molar-refractivity contribution in [1.29, 1.82) is 0 Å². The largest absolute Gasteiger partial charge is 0.481 e. The van der Waals surface area contributed by atoms with Crippen LogP contribution in [-0.2, 0) is 4.79 Å². The average molecular weight is 675 g/mol. The van der Waals surface area contributed by atoms with Gasteiger partial charge in [-0.05, 0) is 86.0 Å². The van der Waals surface area contributed by atoms with E-state index < -0.39 is 5.91 Å². The molecule has 2 heterocycles. The van der Waals surface area contributed by atoms with Gasteiger partial charge in [-0.2, -0.15) is 9.78 Å². The zero-order valence-corrected chi connectivity index (χ0v) is 23.0. The summed E-state index contributed by atoms with van der Waals surface area (Å²) in [6.45, 7) is -0.264. The van der Waals surface area contributed by atoms with Crippen molar-refractivity contribution in [2.45, 2.75) is 0 Å². The lowest BCUT2D eigenvalue weighted by Gasteiger charge is -2.10. The van der Waals surface area contributed by atoms with Crippen molar-refractivity contribution in [3.63, 3.8) is 0 Å². The number of aromatic nitrogens is 2. The Hall–Kier alpha value is -3.28. The molecule has 5 aromatic rings. The quantitative estimate of drug-likeness (QED) is 0.227. The van der Waals surface area contributed by atoms with Crippen LogP contribution in [0.5, 0.6) is 5.75 Å². The van der Waals surface area contributed by atoms with E-state index in [0.29, 0.717) is 42.5 Å². The Balaban J connectivity index is 1.62. The minimum atomic E-state index is -0.590. The van der Waals surface area contributed by atoms with E-state index in [1.54, 1.807) is 30.3 Å². The van der Waals surface area contributed by atoms with Crippen LogP contribution in [0.25, 0.3) is 33.5 Å². The molecule has 0 unspecified atom stereocenters. The second-order valence-corrected chi connectivity index (χ2v) is 10.3. The lowest BCUT2D eigenvalue weighted by atomic mass is 10.2. The lowest BCUT2D eigenvalue weighted by Crippen LogP contribution is -2.20. The van der Waals surface area contributed by atoms with Gasteiger partial charge >= 0.3 is 0 Å². The molecule has 0 spiro atoms. The van der Waals surface area contributed by atoms with Crippen molar-refractivity contribution < 1.29 is 13.9 Å². The number of nitrogens with zero attached hydrogens (tertiary/aromatic N) is 3. The summed E-state index contributed by atoms with van der Waals surface area (Å²) < 4.78 is 14.7. The van der Waals surface area contributed by atoms with Gasteiger partial charge in [-0.25, -0.2) is 4.98 Å². The average Bonchev–Trinajstić information content (AvgIpc) is 3.25. The Morgan fingerprint density at radius 3 is 2.58 bits per heavy atom. The second kappa shape index (κ2) is 10.00. The first-order valence-electron chi connectivity index (χ1n) is 10.5. The van der Waals surface area contributed by atoms with Crippen LogP contribution in [0.1, 0.15) is 5.56 Å². The van der Waals surface area contributed by atoms with Crippen molar-refractivity contribution in [2.75, 3.05) is 6.61 Å². The molecule has 0 atom stereocenters. The number of nitrogens with two attached hydrogens (primary N) is 1. The predicted octanol–water partition coefficient (Wildman–Crippen LogP) is 5.84. The molecule has 5 rings (SSSR count). The smallest absolute Gasteiger partial charge is 0.282 e. The number of hydrogen-bond donors (Lipinski definition) is 1. The predicted molar refractivity (Wildman–Crippen MR) is 148 cm³/mol. The van der Waals surface area contributed by atoms with Gasteiger partial charge in [-0.1, -0.05) is 28.1 Å². The molecule has 0 radical (unpaired) electrons. The number of fused-ring (bicyclic) bond motifs is 2. The fraction of sp³-hybridized carbons (Fsp3) is 0.0400. The zero-order valence-electron chi connectivity index (χ0n) is 18.2. The van der Waals surface area contributed by atoms with Crippen molar-refractivity contribution in [3.8, 4) is 17.3 Å². The molecule has 11 heteroatoms. The summed E-state index contributed by atoms with van der Waals surface area (Å²) >= 11 is 10.3. The fourth-order valence-corrected chi connectivity index (χ4v) is 5.40. The first-order chi connectivity index (χ1) is 17.3. The van der Waals surface area contributed by atoms with Crippen molar-refractivity contribution in [2.24, 2.45) is 10.8 Å². The van der Waals surface area contributed by atoms with Gasteiger partial charge in [0, 0.05) is 9.86 Å². The molecule has 0 aliphatic carbocycles. The first-order valence-corrected chi connectivity index (χ1v) is 12.8. The summed E-state index contributed by atoms with van der Waals surface area (Å²) in [5, 5.41) is 5.75.